The molecule has 1 aromatic heterocycles. The molecular formula is C17H18BrN3O3. The van der Waals surface area contributed by atoms with Gasteiger partial charge in [0.1, 0.15) is 11.9 Å². The summed E-state index contributed by atoms with van der Waals surface area (Å²) < 4.78 is 5.97. The van der Waals surface area contributed by atoms with Crippen LogP contribution in [0.1, 0.15) is 22.6 Å². The Kier molecular flexibility index (Phi) is 4.82. The van der Waals surface area contributed by atoms with Crippen LogP contribution in [-0.2, 0) is 29.0 Å². The van der Waals surface area contributed by atoms with Gasteiger partial charge in [-0.1, -0.05) is 22.0 Å². The van der Waals surface area contributed by atoms with E-state index in [4.69, 9.17) is 4.74 Å². The Hall–Kier alpha value is -1.99. The fourth-order valence-corrected chi connectivity index (χ4v) is 3.48. The van der Waals surface area contributed by atoms with E-state index in [1.807, 2.05) is 17.0 Å². The van der Waals surface area contributed by atoms with E-state index in [-0.39, 0.29) is 17.6 Å². The number of aromatic nitrogens is 2. The number of esters is 1. The van der Waals surface area contributed by atoms with Crippen molar-refractivity contribution in [3.05, 3.63) is 61.7 Å². The predicted octanol–water partition coefficient (Wildman–Crippen LogP) is 1.94. The molecule has 0 amide bonds. The number of methoxy groups -OCH3 is 1. The Labute approximate surface area is 148 Å². The van der Waals surface area contributed by atoms with Gasteiger partial charge in [0, 0.05) is 23.6 Å². The van der Waals surface area contributed by atoms with Gasteiger partial charge in [0.2, 0.25) is 0 Å². The predicted molar refractivity (Wildman–Crippen MR) is 92.5 cm³/mol. The summed E-state index contributed by atoms with van der Waals surface area (Å²) in [6.07, 6.45) is 0.581. The second-order valence-electron chi connectivity index (χ2n) is 5.88. The number of benzene rings is 1. The fraction of sp³-hybridized carbons (Fsp3) is 0.353. The van der Waals surface area contributed by atoms with E-state index in [9.17, 15) is 9.59 Å². The maximum atomic E-state index is 12.2. The Bertz CT molecular complexity index is 834. The summed E-state index contributed by atoms with van der Waals surface area (Å²) in [4.78, 5) is 32.9. The lowest BCUT2D eigenvalue weighted by molar-refractivity contribution is -0.148. The molecule has 0 fully saturated rings. The topological polar surface area (TPSA) is 75.3 Å². The lowest BCUT2D eigenvalue weighted by Crippen LogP contribution is -2.45. The van der Waals surface area contributed by atoms with Gasteiger partial charge in [-0.05, 0) is 36.6 Å². The number of carbonyl (C=O) groups is 1. The summed E-state index contributed by atoms with van der Waals surface area (Å²) >= 11 is 3.49. The number of nitrogens with one attached hydrogen (secondary N) is 1. The number of rotatable bonds is 3. The normalized spacial score (nSPS) is 17.4. The van der Waals surface area contributed by atoms with Gasteiger partial charge in [0.15, 0.2) is 0 Å². The van der Waals surface area contributed by atoms with Crippen LogP contribution in [0, 0.1) is 6.92 Å². The summed E-state index contributed by atoms with van der Waals surface area (Å²) in [7, 11) is 1.40. The molecule has 1 unspecified atom stereocenters. The molecule has 7 heteroatoms. The number of ether oxygens (including phenoxy) is 1. The van der Waals surface area contributed by atoms with Crippen molar-refractivity contribution in [3.8, 4) is 0 Å². The minimum Gasteiger partial charge on any atom is -0.468 e. The molecule has 0 radical (unpaired) electrons. The number of halogens is 1. The van der Waals surface area contributed by atoms with Crippen molar-refractivity contribution in [1.29, 1.82) is 0 Å². The van der Waals surface area contributed by atoms with Crippen molar-refractivity contribution in [3.63, 3.8) is 0 Å². The van der Waals surface area contributed by atoms with E-state index in [1.165, 1.54) is 13.2 Å². The van der Waals surface area contributed by atoms with Crippen molar-refractivity contribution in [1.82, 2.24) is 14.9 Å². The molecule has 126 valence electrons. The maximum Gasteiger partial charge on any atom is 0.323 e. The molecule has 2 aromatic rings. The van der Waals surface area contributed by atoms with E-state index in [0.29, 0.717) is 31.0 Å². The van der Waals surface area contributed by atoms with Crippen molar-refractivity contribution < 1.29 is 9.53 Å². The van der Waals surface area contributed by atoms with E-state index in [2.05, 4.69) is 32.0 Å². The van der Waals surface area contributed by atoms with Gasteiger partial charge in [-0.15, -0.1) is 0 Å². The van der Waals surface area contributed by atoms with Crippen LogP contribution < -0.4 is 5.56 Å². The molecule has 6 nitrogen and oxygen atoms in total. The van der Waals surface area contributed by atoms with Crippen LogP contribution in [0.25, 0.3) is 0 Å². The number of carbonyl (C=O) groups excluding carboxylic acids is 1. The molecule has 1 aliphatic rings. The van der Waals surface area contributed by atoms with Crippen LogP contribution in [0.15, 0.2) is 33.5 Å². The average molecular weight is 392 g/mol. The smallest absolute Gasteiger partial charge is 0.323 e. The molecule has 1 atom stereocenters. The molecule has 2 heterocycles. The number of fused-ring (bicyclic) bond motifs is 1. The second-order valence-corrected chi connectivity index (χ2v) is 6.80. The Morgan fingerprint density at radius 1 is 1.42 bits per heavy atom. The van der Waals surface area contributed by atoms with Crippen LogP contribution in [-0.4, -0.2) is 34.0 Å². The van der Waals surface area contributed by atoms with Crippen molar-refractivity contribution in [2.24, 2.45) is 0 Å². The van der Waals surface area contributed by atoms with E-state index >= 15 is 0 Å². The van der Waals surface area contributed by atoms with Crippen LogP contribution >= 0.6 is 15.9 Å². The van der Waals surface area contributed by atoms with E-state index in [1.54, 1.807) is 6.92 Å². The molecule has 0 saturated heterocycles. The molecule has 0 saturated carbocycles. The zero-order valence-corrected chi connectivity index (χ0v) is 15.1. The van der Waals surface area contributed by atoms with Crippen LogP contribution in [0.2, 0.25) is 0 Å². The highest BCUT2D eigenvalue weighted by Crippen LogP contribution is 2.27. The second kappa shape index (κ2) is 6.86. The molecule has 3 rings (SSSR count). The summed E-state index contributed by atoms with van der Waals surface area (Å²) in [6.45, 7) is 2.75. The zero-order valence-electron chi connectivity index (χ0n) is 13.5. The number of aromatic amines is 1. The summed E-state index contributed by atoms with van der Waals surface area (Å²) in [5.41, 5.74) is 2.75. The van der Waals surface area contributed by atoms with Gasteiger partial charge >= 0.3 is 5.97 Å². The minimum atomic E-state index is -0.384. The lowest BCUT2D eigenvalue weighted by Gasteiger charge is -2.35. The number of H-pyrrole nitrogens is 1. The molecule has 0 spiro atoms. The van der Waals surface area contributed by atoms with Crippen molar-refractivity contribution in [2.75, 3.05) is 7.11 Å². The molecule has 0 bridgehead atoms. The molecule has 1 aromatic carbocycles. The molecular weight excluding hydrogens is 374 g/mol. The summed E-state index contributed by atoms with van der Waals surface area (Å²) in [6, 6.07) is 7.15. The first-order chi connectivity index (χ1) is 11.5. The zero-order chi connectivity index (χ0) is 17.3. The molecule has 24 heavy (non-hydrogen) atoms. The SMILES string of the molecule is COC(=O)C1Cc2ccc(Br)cc2CN1Cc1cc(=O)[nH]c(C)n1. The quantitative estimate of drug-likeness (QED) is 0.809. The first kappa shape index (κ1) is 16.9. The van der Waals surface area contributed by atoms with Gasteiger partial charge in [-0.2, -0.15) is 0 Å². The summed E-state index contributed by atoms with van der Waals surface area (Å²) in [5, 5.41) is 0. The third-order valence-corrected chi connectivity index (χ3v) is 4.64. The molecule has 1 N–H and O–H groups in total. The van der Waals surface area contributed by atoms with Gasteiger partial charge < -0.3 is 9.72 Å². The Morgan fingerprint density at radius 3 is 2.92 bits per heavy atom. The fourth-order valence-electron chi connectivity index (χ4n) is 3.07. The third kappa shape index (κ3) is 3.57. The van der Waals surface area contributed by atoms with Crippen LogP contribution in [0.3, 0.4) is 0 Å². The standard InChI is InChI=1S/C17H18BrN3O3/c1-10-19-14(7-16(22)20-10)9-21-8-12-5-13(18)4-3-11(12)6-15(21)17(23)24-2/h3-5,7,15H,6,8-9H2,1-2H3,(H,19,20,22). The highest BCUT2D eigenvalue weighted by molar-refractivity contribution is 9.10. The van der Waals surface area contributed by atoms with Gasteiger partial charge in [0.25, 0.3) is 5.56 Å². The van der Waals surface area contributed by atoms with Crippen LogP contribution in [0.5, 0.6) is 0 Å². The lowest BCUT2D eigenvalue weighted by atomic mass is 9.94. The number of hydrogen-bond acceptors (Lipinski definition) is 5. The molecule has 0 aliphatic carbocycles. The minimum absolute atomic E-state index is 0.188. The van der Waals surface area contributed by atoms with E-state index in [0.717, 1.165) is 15.6 Å². The number of nitrogens with zero attached hydrogens (tertiary/aromatic N) is 2. The Morgan fingerprint density at radius 2 is 2.21 bits per heavy atom. The summed E-state index contributed by atoms with van der Waals surface area (Å²) in [5.74, 6) is 0.289. The monoisotopic (exact) mass is 391 g/mol. The van der Waals surface area contributed by atoms with Crippen LogP contribution in [0.4, 0.5) is 0 Å². The van der Waals surface area contributed by atoms with Gasteiger partial charge in [-0.3, -0.25) is 14.5 Å². The largest absolute Gasteiger partial charge is 0.468 e. The highest BCUT2D eigenvalue weighted by atomic mass is 79.9. The Balaban J connectivity index is 1.93. The number of hydrogen-bond donors (Lipinski definition) is 1. The third-order valence-electron chi connectivity index (χ3n) is 4.15. The van der Waals surface area contributed by atoms with Gasteiger partial charge in [-0.25, -0.2) is 4.98 Å². The van der Waals surface area contributed by atoms with Gasteiger partial charge in [0.05, 0.1) is 12.8 Å². The van der Waals surface area contributed by atoms with Crippen molar-refractivity contribution in [2.45, 2.75) is 32.5 Å². The van der Waals surface area contributed by atoms with Crippen molar-refractivity contribution >= 4 is 21.9 Å². The van der Waals surface area contributed by atoms with E-state index < -0.39 is 0 Å². The molecule has 1 aliphatic heterocycles. The first-order valence-corrected chi connectivity index (χ1v) is 8.41. The average Bonchev–Trinajstić information content (AvgIpc) is 2.52. The maximum absolute atomic E-state index is 12.2. The number of aryl methyl sites for hydroxylation is 1. The highest BCUT2D eigenvalue weighted by Gasteiger charge is 2.32. The first-order valence-electron chi connectivity index (χ1n) is 7.62.